The fourth-order valence-electron chi connectivity index (χ4n) is 4.17. The molecule has 1 saturated heterocycles. The van der Waals surface area contributed by atoms with Gasteiger partial charge < -0.3 is 20.4 Å². The SMILES string of the molecule is Cc1c(Cl)cccc1NC(=O)c1cc(NC(=O)c2c(F)cccc2Cl)cc2[nH]c([C@H]3CCCO3)nc12.Cl. The summed E-state index contributed by atoms with van der Waals surface area (Å²) in [6, 6.07) is 12.3. The lowest BCUT2D eigenvalue weighted by Gasteiger charge is -2.12. The molecule has 1 atom stereocenters. The molecule has 2 amide bonds. The molecule has 1 aliphatic heterocycles. The molecular weight excluding hydrogens is 542 g/mol. The highest BCUT2D eigenvalue weighted by Gasteiger charge is 2.24. The van der Waals surface area contributed by atoms with E-state index in [-0.39, 0.29) is 40.3 Å². The molecule has 0 bridgehead atoms. The van der Waals surface area contributed by atoms with Crippen LogP contribution in [0.3, 0.4) is 0 Å². The maximum absolute atomic E-state index is 14.3. The van der Waals surface area contributed by atoms with E-state index >= 15 is 0 Å². The third kappa shape index (κ3) is 5.43. The van der Waals surface area contributed by atoms with Crippen molar-refractivity contribution >= 4 is 69.8 Å². The number of nitrogens with one attached hydrogen (secondary N) is 3. The Morgan fingerprint density at radius 2 is 1.84 bits per heavy atom. The highest BCUT2D eigenvalue weighted by Crippen LogP contribution is 2.32. The number of halogens is 4. The smallest absolute Gasteiger partial charge is 0.260 e. The van der Waals surface area contributed by atoms with Crippen LogP contribution < -0.4 is 10.6 Å². The Balaban J connectivity index is 0.00000320. The number of benzene rings is 3. The van der Waals surface area contributed by atoms with E-state index in [0.717, 1.165) is 18.9 Å². The van der Waals surface area contributed by atoms with Crippen LogP contribution in [0.15, 0.2) is 48.5 Å². The minimum atomic E-state index is -0.752. The summed E-state index contributed by atoms with van der Waals surface area (Å²) in [5.41, 5.74) is 2.38. The molecule has 0 saturated carbocycles. The number of aromatic amines is 1. The van der Waals surface area contributed by atoms with Crippen LogP contribution in [0.1, 0.15) is 51.0 Å². The number of anilines is 2. The molecule has 0 spiro atoms. The number of carbonyl (C=O) groups excluding carboxylic acids is 2. The lowest BCUT2D eigenvalue weighted by molar-refractivity contribution is 0.101. The number of nitrogens with zero attached hydrogens (tertiary/aromatic N) is 1. The Labute approximate surface area is 228 Å². The average molecular weight is 564 g/mol. The van der Waals surface area contributed by atoms with Crippen LogP contribution >= 0.6 is 35.6 Å². The largest absolute Gasteiger partial charge is 0.370 e. The second kappa shape index (κ2) is 11.1. The van der Waals surface area contributed by atoms with Crippen LogP contribution in [-0.4, -0.2) is 28.4 Å². The van der Waals surface area contributed by atoms with Crippen molar-refractivity contribution in [2.75, 3.05) is 17.2 Å². The number of imidazole rings is 1. The van der Waals surface area contributed by atoms with Gasteiger partial charge in [-0.05, 0) is 61.7 Å². The van der Waals surface area contributed by atoms with Crippen LogP contribution in [0.25, 0.3) is 11.0 Å². The third-order valence-electron chi connectivity index (χ3n) is 6.05. The highest BCUT2D eigenvalue weighted by atomic mass is 35.5. The number of aromatic nitrogens is 2. The quantitative estimate of drug-likeness (QED) is 0.241. The first-order valence-electron chi connectivity index (χ1n) is 11.3. The Bertz CT molecular complexity index is 1480. The molecule has 37 heavy (non-hydrogen) atoms. The number of carbonyl (C=O) groups is 2. The molecule has 5 rings (SSSR count). The summed E-state index contributed by atoms with van der Waals surface area (Å²) in [4.78, 5) is 34.1. The summed E-state index contributed by atoms with van der Waals surface area (Å²) < 4.78 is 20.0. The van der Waals surface area contributed by atoms with E-state index in [2.05, 4.69) is 20.6 Å². The lowest BCUT2D eigenvalue weighted by atomic mass is 10.1. The van der Waals surface area contributed by atoms with Gasteiger partial charge in [0.2, 0.25) is 0 Å². The first-order valence-corrected chi connectivity index (χ1v) is 12.0. The van der Waals surface area contributed by atoms with Gasteiger partial charge >= 0.3 is 0 Å². The molecule has 7 nitrogen and oxygen atoms in total. The van der Waals surface area contributed by atoms with Crippen LogP contribution in [0.4, 0.5) is 15.8 Å². The van der Waals surface area contributed by atoms with E-state index in [1.807, 2.05) is 0 Å². The topological polar surface area (TPSA) is 96.1 Å². The van der Waals surface area contributed by atoms with Crippen LogP contribution in [0, 0.1) is 12.7 Å². The molecule has 0 radical (unpaired) electrons. The minimum Gasteiger partial charge on any atom is -0.370 e. The number of hydrogen-bond donors (Lipinski definition) is 3. The Hall–Kier alpha value is -3.17. The van der Waals surface area contributed by atoms with Crippen molar-refractivity contribution < 1.29 is 18.7 Å². The highest BCUT2D eigenvalue weighted by molar-refractivity contribution is 6.34. The predicted octanol–water partition coefficient (Wildman–Crippen LogP) is 7.10. The van der Waals surface area contributed by atoms with Gasteiger partial charge in [0, 0.05) is 23.0 Å². The fraction of sp³-hybridized carbons (Fsp3) is 0.192. The summed E-state index contributed by atoms with van der Waals surface area (Å²) in [5, 5.41) is 6.01. The lowest BCUT2D eigenvalue weighted by Crippen LogP contribution is -2.17. The summed E-state index contributed by atoms with van der Waals surface area (Å²) in [7, 11) is 0. The van der Waals surface area contributed by atoms with Gasteiger partial charge in [0.1, 0.15) is 23.3 Å². The van der Waals surface area contributed by atoms with Gasteiger partial charge in [-0.1, -0.05) is 35.3 Å². The molecule has 0 unspecified atom stereocenters. The van der Waals surface area contributed by atoms with Crippen molar-refractivity contribution in [2.45, 2.75) is 25.9 Å². The summed E-state index contributed by atoms with van der Waals surface area (Å²) in [6.07, 6.45) is 1.51. The zero-order valence-electron chi connectivity index (χ0n) is 19.5. The normalized spacial score (nSPS) is 14.9. The molecule has 0 aliphatic carbocycles. The van der Waals surface area contributed by atoms with Gasteiger partial charge in [0.25, 0.3) is 11.8 Å². The number of rotatable bonds is 5. The van der Waals surface area contributed by atoms with E-state index in [4.69, 9.17) is 27.9 Å². The maximum atomic E-state index is 14.3. The summed E-state index contributed by atoms with van der Waals surface area (Å²) >= 11 is 12.3. The standard InChI is InChI=1S/C26H21Cl2FN4O3.ClH/c1-13-16(27)5-3-8-19(13)32-25(34)15-11-14(30-26(35)22-17(28)6-2-7-18(22)29)12-20-23(15)33-24(31-20)21-9-4-10-36-21;/h2-3,5-8,11-12,21H,4,9-10H2,1H3,(H,30,35)(H,31,33)(H,32,34);1H/t21-;/m1./s1. The van der Waals surface area contributed by atoms with Crippen LogP contribution in [0.5, 0.6) is 0 Å². The fourth-order valence-corrected chi connectivity index (χ4v) is 4.59. The number of fused-ring (bicyclic) bond motifs is 1. The molecule has 11 heteroatoms. The molecule has 3 aromatic carbocycles. The van der Waals surface area contributed by atoms with Crippen molar-refractivity contribution in [1.82, 2.24) is 9.97 Å². The minimum absolute atomic E-state index is 0. The number of ether oxygens (including phenoxy) is 1. The van der Waals surface area contributed by atoms with Crippen molar-refractivity contribution in [1.29, 1.82) is 0 Å². The third-order valence-corrected chi connectivity index (χ3v) is 6.77. The second-order valence-electron chi connectivity index (χ2n) is 8.46. The number of amides is 2. The van der Waals surface area contributed by atoms with Crippen LogP contribution in [0.2, 0.25) is 10.0 Å². The van der Waals surface area contributed by atoms with Crippen molar-refractivity contribution in [3.05, 3.63) is 86.9 Å². The number of H-pyrrole nitrogens is 1. The summed E-state index contributed by atoms with van der Waals surface area (Å²) in [6.45, 7) is 2.43. The maximum Gasteiger partial charge on any atom is 0.260 e. The van der Waals surface area contributed by atoms with E-state index in [0.29, 0.717) is 39.7 Å². The first-order chi connectivity index (χ1) is 17.3. The monoisotopic (exact) mass is 562 g/mol. The van der Waals surface area contributed by atoms with Crippen molar-refractivity contribution in [2.24, 2.45) is 0 Å². The van der Waals surface area contributed by atoms with Crippen molar-refractivity contribution in [3.63, 3.8) is 0 Å². The molecule has 2 heterocycles. The van der Waals surface area contributed by atoms with E-state index < -0.39 is 17.6 Å². The molecule has 1 fully saturated rings. The predicted molar refractivity (Wildman–Crippen MR) is 145 cm³/mol. The van der Waals surface area contributed by atoms with Crippen molar-refractivity contribution in [3.8, 4) is 0 Å². The molecule has 1 aromatic heterocycles. The Morgan fingerprint density at radius 3 is 2.57 bits per heavy atom. The van der Waals surface area contributed by atoms with Gasteiger partial charge in [-0.3, -0.25) is 9.59 Å². The van der Waals surface area contributed by atoms with Gasteiger partial charge in [-0.2, -0.15) is 0 Å². The number of hydrogen-bond acceptors (Lipinski definition) is 4. The Kier molecular flexibility index (Phi) is 8.04. The zero-order valence-corrected chi connectivity index (χ0v) is 21.9. The average Bonchev–Trinajstić information content (AvgIpc) is 3.51. The van der Waals surface area contributed by atoms with Gasteiger partial charge in [0.05, 0.1) is 21.7 Å². The zero-order chi connectivity index (χ0) is 25.4. The van der Waals surface area contributed by atoms with E-state index in [1.54, 1.807) is 31.2 Å². The van der Waals surface area contributed by atoms with Gasteiger partial charge in [0.15, 0.2) is 0 Å². The van der Waals surface area contributed by atoms with Gasteiger partial charge in [-0.25, -0.2) is 9.37 Å². The van der Waals surface area contributed by atoms with E-state index in [1.165, 1.54) is 18.2 Å². The van der Waals surface area contributed by atoms with Gasteiger partial charge in [-0.15, -0.1) is 12.4 Å². The Morgan fingerprint density at radius 1 is 1.08 bits per heavy atom. The first kappa shape index (κ1) is 26.9. The van der Waals surface area contributed by atoms with E-state index in [9.17, 15) is 14.0 Å². The molecule has 1 aliphatic rings. The van der Waals surface area contributed by atoms with Crippen LogP contribution in [-0.2, 0) is 4.74 Å². The molecule has 4 aromatic rings. The molecule has 192 valence electrons. The molecular formula is C26H22Cl3FN4O3. The molecule has 3 N–H and O–H groups in total. The second-order valence-corrected chi connectivity index (χ2v) is 9.28. The summed E-state index contributed by atoms with van der Waals surface area (Å²) in [5.74, 6) is -1.35.